The van der Waals surface area contributed by atoms with Crippen LogP contribution in [0, 0.1) is 0 Å². The monoisotopic (exact) mass is 495 g/mol. The largest absolute Gasteiger partial charge is 0.489 e. The number of hydrogen-bond acceptors (Lipinski definition) is 5. The van der Waals surface area contributed by atoms with E-state index < -0.39 is 17.9 Å². The molecule has 0 radical (unpaired) electrons. The van der Waals surface area contributed by atoms with Crippen molar-refractivity contribution >= 4 is 57.9 Å². The van der Waals surface area contributed by atoms with E-state index in [2.05, 4.69) is 0 Å². The van der Waals surface area contributed by atoms with Gasteiger partial charge in [0, 0.05) is 10.6 Å². The minimum atomic E-state index is -1.18. The molecule has 0 saturated carbocycles. The Hall–Kier alpha value is -3.13. The summed E-state index contributed by atoms with van der Waals surface area (Å²) in [4.78, 5) is 26.5. The molecule has 1 saturated heterocycles. The van der Waals surface area contributed by atoms with Crippen LogP contribution < -0.4 is 4.74 Å². The third-order valence-electron chi connectivity index (χ3n) is 4.96. The van der Waals surface area contributed by atoms with Crippen molar-refractivity contribution in [2.45, 2.75) is 12.6 Å². The van der Waals surface area contributed by atoms with E-state index in [1.54, 1.807) is 48.5 Å². The van der Waals surface area contributed by atoms with Crippen LogP contribution in [0.2, 0.25) is 5.02 Å². The first-order valence-electron chi connectivity index (χ1n) is 9.95. The number of amides is 1. The lowest BCUT2D eigenvalue weighted by molar-refractivity contribution is -0.145. The Bertz CT molecular complexity index is 1230. The number of nitrogens with zero attached hydrogens (tertiary/aromatic N) is 1. The molecule has 1 atom stereocenters. The van der Waals surface area contributed by atoms with Gasteiger partial charge in [-0.3, -0.25) is 9.69 Å². The lowest BCUT2D eigenvalue weighted by Gasteiger charge is -2.23. The molecule has 8 heteroatoms. The van der Waals surface area contributed by atoms with E-state index in [-0.39, 0.29) is 4.32 Å². The summed E-state index contributed by atoms with van der Waals surface area (Å²) < 4.78 is 6.00. The van der Waals surface area contributed by atoms with Crippen LogP contribution in [0.5, 0.6) is 5.75 Å². The van der Waals surface area contributed by atoms with Gasteiger partial charge in [0.2, 0.25) is 0 Å². The Labute approximate surface area is 205 Å². The van der Waals surface area contributed by atoms with E-state index in [0.29, 0.717) is 27.8 Å². The van der Waals surface area contributed by atoms with Crippen LogP contribution in [0.25, 0.3) is 6.08 Å². The summed E-state index contributed by atoms with van der Waals surface area (Å²) in [6.07, 6.45) is 1.70. The van der Waals surface area contributed by atoms with Gasteiger partial charge in [-0.25, -0.2) is 4.79 Å². The van der Waals surface area contributed by atoms with Gasteiger partial charge < -0.3 is 9.84 Å². The molecular formula is C25H18ClNO4S2. The SMILES string of the molecule is O=C(O)C(c1ccccc1)N1C(=O)C(=Cc2ccc(OCc3ccccc3Cl)cc2)SC1=S. The maximum atomic E-state index is 13.0. The van der Waals surface area contributed by atoms with Crippen molar-refractivity contribution in [3.63, 3.8) is 0 Å². The van der Waals surface area contributed by atoms with Gasteiger partial charge in [-0.1, -0.05) is 96.2 Å². The molecule has 3 aromatic carbocycles. The van der Waals surface area contributed by atoms with Crippen LogP contribution in [0.15, 0.2) is 83.8 Å². The summed E-state index contributed by atoms with van der Waals surface area (Å²) in [6.45, 7) is 0.341. The lowest BCUT2D eigenvalue weighted by atomic mass is 10.1. The molecule has 0 aromatic heterocycles. The molecule has 1 unspecified atom stereocenters. The van der Waals surface area contributed by atoms with Crippen LogP contribution in [-0.4, -0.2) is 26.2 Å². The van der Waals surface area contributed by atoms with Crippen LogP contribution in [0.4, 0.5) is 0 Å². The molecule has 1 N–H and O–H groups in total. The number of carboxylic acid groups (broad SMARTS) is 1. The number of halogens is 1. The Balaban J connectivity index is 1.49. The van der Waals surface area contributed by atoms with E-state index in [9.17, 15) is 14.7 Å². The van der Waals surface area contributed by atoms with Gasteiger partial charge in [0.05, 0.1) is 4.91 Å². The first-order chi connectivity index (χ1) is 15.9. The highest BCUT2D eigenvalue weighted by Gasteiger charge is 2.41. The van der Waals surface area contributed by atoms with Gasteiger partial charge in [0.1, 0.15) is 16.7 Å². The number of rotatable bonds is 7. The zero-order valence-electron chi connectivity index (χ0n) is 17.2. The van der Waals surface area contributed by atoms with Crippen molar-refractivity contribution in [1.82, 2.24) is 4.90 Å². The number of ether oxygens (including phenoxy) is 1. The fraction of sp³-hybridized carbons (Fsp3) is 0.0800. The summed E-state index contributed by atoms with van der Waals surface area (Å²) >= 11 is 12.6. The van der Waals surface area contributed by atoms with Crippen LogP contribution >= 0.6 is 35.6 Å². The van der Waals surface area contributed by atoms with Gasteiger partial charge in [-0.15, -0.1) is 0 Å². The van der Waals surface area contributed by atoms with Crippen molar-refractivity contribution in [3.8, 4) is 5.75 Å². The number of thiocarbonyl (C=S) groups is 1. The quantitative estimate of drug-likeness (QED) is 0.323. The summed E-state index contributed by atoms with van der Waals surface area (Å²) in [5.74, 6) is -0.909. The van der Waals surface area contributed by atoms with Crippen LogP contribution in [0.1, 0.15) is 22.7 Å². The Morgan fingerprint density at radius 3 is 2.39 bits per heavy atom. The van der Waals surface area contributed by atoms with Crippen molar-refractivity contribution in [1.29, 1.82) is 0 Å². The number of carbonyl (C=O) groups is 2. The van der Waals surface area contributed by atoms with E-state index >= 15 is 0 Å². The molecule has 1 amide bonds. The standard InChI is InChI=1S/C25H18ClNO4S2/c26-20-9-5-4-8-18(20)15-31-19-12-10-16(11-13-19)14-21-23(28)27(25(32)33-21)22(24(29)30)17-6-2-1-3-7-17/h1-14,22H,15H2,(H,29,30). The average Bonchev–Trinajstić information content (AvgIpc) is 3.08. The van der Waals surface area contributed by atoms with Gasteiger partial charge in [0.15, 0.2) is 6.04 Å². The molecule has 1 aliphatic heterocycles. The zero-order chi connectivity index (χ0) is 23.4. The average molecular weight is 496 g/mol. The maximum absolute atomic E-state index is 13.0. The highest BCUT2D eigenvalue weighted by molar-refractivity contribution is 8.26. The molecular weight excluding hydrogens is 478 g/mol. The topological polar surface area (TPSA) is 66.8 Å². The molecule has 0 bridgehead atoms. The third-order valence-corrected chi connectivity index (χ3v) is 6.66. The zero-order valence-corrected chi connectivity index (χ0v) is 19.6. The second-order valence-corrected chi connectivity index (χ2v) is 9.24. The second-order valence-electron chi connectivity index (χ2n) is 7.15. The molecule has 1 heterocycles. The first-order valence-corrected chi connectivity index (χ1v) is 11.6. The van der Waals surface area contributed by atoms with Crippen molar-refractivity contribution < 1.29 is 19.4 Å². The Morgan fingerprint density at radius 1 is 1.06 bits per heavy atom. The number of carbonyl (C=O) groups excluding carboxylic acids is 1. The molecule has 4 rings (SSSR count). The van der Waals surface area contributed by atoms with Crippen molar-refractivity contribution in [2.75, 3.05) is 0 Å². The van der Waals surface area contributed by atoms with Gasteiger partial charge >= 0.3 is 5.97 Å². The van der Waals surface area contributed by atoms with Gasteiger partial charge in [-0.2, -0.15) is 0 Å². The number of hydrogen-bond donors (Lipinski definition) is 1. The molecule has 166 valence electrons. The maximum Gasteiger partial charge on any atom is 0.331 e. The molecule has 3 aromatic rings. The van der Waals surface area contributed by atoms with Crippen LogP contribution in [-0.2, 0) is 16.2 Å². The fourth-order valence-electron chi connectivity index (χ4n) is 3.33. The van der Waals surface area contributed by atoms with Crippen molar-refractivity contribution in [2.24, 2.45) is 0 Å². The van der Waals surface area contributed by atoms with Crippen molar-refractivity contribution in [3.05, 3.63) is 105 Å². The predicted octanol–water partition coefficient (Wildman–Crippen LogP) is 5.95. The summed E-state index contributed by atoms with van der Waals surface area (Å²) in [5.41, 5.74) is 2.15. The lowest BCUT2D eigenvalue weighted by Crippen LogP contribution is -2.37. The van der Waals surface area contributed by atoms with Gasteiger partial charge in [0.25, 0.3) is 5.91 Å². The first kappa shape index (κ1) is 23.0. The minimum Gasteiger partial charge on any atom is -0.489 e. The molecule has 33 heavy (non-hydrogen) atoms. The summed E-state index contributed by atoms with van der Waals surface area (Å²) in [5, 5.41) is 10.4. The summed E-state index contributed by atoms with van der Waals surface area (Å²) in [7, 11) is 0. The Morgan fingerprint density at radius 2 is 1.73 bits per heavy atom. The number of aliphatic carboxylic acids is 1. The minimum absolute atomic E-state index is 0.210. The predicted molar refractivity (Wildman–Crippen MR) is 134 cm³/mol. The highest BCUT2D eigenvalue weighted by Crippen LogP contribution is 2.38. The molecule has 5 nitrogen and oxygen atoms in total. The summed E-state index contributed by atoms with van der Waals surface area (Å²) in [6, 6.07) is 22.1. The van der Waals surface area contributed by atoms with E-state index in [1.165, 1.54) is 0 Å². The second kappa shape index (κ2) is 10.2. The molecule has 1 fully saturated rings. The number of benzene rings is 3. The number of thioether (sulfide) groups is 1. The molecule has 0 spiro atoms. The smallest absolute Gasteiger partial charge is 0.331 e. The Kier molecular flexibility index (Phi) is 7.13. The van der Waals surface area contributed by atoms with E-state index in [0.717, 1.165) is 27.8 Å². The number of carboxylic acids is 1. The molecule has 0 aliphatic carbocycles. The van der Waals surface area contributed by atoms with E-state index in [1.807, 2.05) is 36.4 Å². The highest BCUT2D eigenvalue weighted by atomic mass is 35.5. The fourth-order valence-corrected chi connectivity index (χ4v) is 4.83. The molecule has 1 aliphatic rings. The normalized spacial score (nSPS) is 15.7. The third kappa shape index (κ3) is 5.27. The van der Waals surface area contributed by atoms with Gasteiger partial charge in [-0.05, 0) is 35.4 Å². The van der Waals surface area contributed by atoms with Crippen LogP contribution in [0.3, 0.4) is 0 Å². The van der Waals surface area contributed by atoms with E-state index in [4.69, 9.17) is 28.6 Å².